The number of anilines is 1. The van der Waals surface area contributed by atoms with Crippen LogP contribution in [0.3, 0.4) is 0 Å². The lowest BCUT2D eigenvalue weighted by Gasteiger charge is -2.24. The van der Waals surface area contributed by atoms with Gasteiger partial charge in [0.25, 0.3) is 10.0 Å². The Morgan fingerprint density at radius 2 is 1.75 bits per heavy atom. The molecule has 148 valence electrons. The van der Waals surface area contributed by atoms with Gasteiger partial charge in [-0.05, 0) is 56.5 Å². The van der Waals surface area contributed by atoms with E-state index in [-0.39, 0.29) is 17.0 Å². The molecule has 6 nitrogen and oxygen atoms in total. The van der Waals surface area contributed by atoms with Gasteiger partial charge in [0.1, 0.15) is 5.58 Å². The first-order valence-corrected chi connectivity index (χ1v) is 11.1. The van der Waals surface area contributed by atoms with E-state index in [2.05, 4.69) is 0 Å². The third-order valence-electron chi connectivity index (χ3n) is 4.34. The summed E-state index contributed by atoms with van der Waals surface area (Å²) in [6, 6.07) is 8.08. The fourth-order valence-corrected chi connectivity index (χ4v) is 5.95. The van der Waals surface area contributed by atoms with Crippen molar-refractivity contribution in [3.63, 3.8) is 0 Å². The van der Waals surface area contributed by atoms with Crippen LogP contribution in [0, 0.1) is 20.8 Å². The van der Waals surface area contributed by atoms with Crippen molar-refractivity contribution in [2.75, 3.05) is 4.31 Å². The van der Waals surface area contributed by atoms with Crippen LogP contribution < -0.4 is 9.24 Å². The minimum atomic E-state index is -4.14. The van der Waals surface area contributed by atoms with Crippen LogP contribution in [0.2, 0.25) is 0 Å². The zero-order valence-electron chi connectivity index (χ0n) is 16.1. The number of rotatable bonds is 5. The Kier molecular flexibility index (Phi) is 5.45. The number of aryl methyl sites for hydroxylation is 3. The third kappa shape index (κ3) is 3.62. The zero-order valence-corrected chi connectivity index (χ0v) is 17.7. The van der Waals surface area contributed by atoms with Crippen LogP contribution in [0.4, 0.5) is 5.69 Å². The summed E-state index contributed by atoms with van der Waals surface area (Å²) in [4.78, 5) is 24.0. The summed E-state index contributed by atoms with van der Waals surface area (Å²) >= 11 is 0.868. The smallest absolute Gasteiger partial charge is 0.396 e. The van der Waals surface area contributed by atoms with E-state index in [0.717, 1.165) is 21.2 Å². The number of nitrogens with zero attached hydrogens (tertiary/aromatic N) is 1. The molecule has 3 aromatic rings. The van der Waals surface area contributed by atoms with Crippen LogP contribution in [-0.2, 0) is 14.8 Å². The summed E-state index contributed by atoms with van der Waals surface area (Å²) in [6.07, 6.45) is 0.598. The molecule has 0 aliphatic carbocycles. The number of hydrogen-bond donors (Lipinski definition) is 0. The summed E-state index contributed by atoms with van der Waals surface area (Å²) < 4.78 is 33.5. The first-order chi connectivity index (χ1) is 13.1. The van der Waals surface area contributed by atoms with Crippen LogP contribution >= 0.6 is 11.3 Å². The molecule has 0 aliphatic heterocycles. The van der Waals surface area contributed by atoms with Crippen LogP contribution in [0.1, 0.15) is 36.5 Å². The van der Waals surface area contributed by atoms with Gasteiger partial charge in [0.2, 0.25) is 5.91 Å². The maximum Gasteiger partial charge on any atom is 0.396 e. The number of fused-ring (bicyclic) bond motifs is 1. The van der Waals surface area contributed by atoms with Gasteiger partial charge in [-0.25, -0.2) is 17.5 Å². The standard InChI is InChI=1S/C20H21NO5S2/c1-5-6-18(22)21(15-7-8-16-17(11-15)27-20(23)26-16)28(24,25)19-13(3)9-12(2)10-14(19)4/h7-11H,5-6H2,1-4H3. The summed E-state index contributed by atoms with van der Waals surface area (Å²) in [5.41, 5.74) is 2.68. The number of carbonyl (C=O) groups is 1. The van der Waals surface area contributed by atoms with Crippen LogP contribution in [0.25, 0.3) is 10.3 Å². The second-order valence-corrected chi connectivity index (χ2v) is 9.43. The molecule has 0 spiro atoms. The van der Waals surface area contributed by atoms with Crippen molar-refractivity contribution in [1.29, 1.82) is 0 Å². The van der Waals surface area contributed by atoms with Crippen LogP contribution in [0.15, 0.2) is 44.4 Å². The Hall–Kier alpha value is -2.45. The summed E-state index contributed by atoms with van der Waals surface area (Å²) in [5, 5.41) is 0. The molecule has 1 heterocycles. The maximum atomic E-state index is 13.6. The lowest BCUT2D eigenvalue weighted by Crippen LogP contribution is -2.37. The Morgan fingerprint density at radius 3 is 2.36 bits per heavy atom. The molecule has 0 aliphatic rings. The molecular formula is C20H21NO5S2. The molecule has 8 heteroatoms. The van der Waals surface area contributed by atoms with E-state index in [1.165, 1.54) is 18.2 Å². The molecule has 2 aromatic carbocycles. The number of sulfonamides is 1. The van der Waals surface area contributed by atoms with Crippen molar-refractivity contribution >= 4 is 43.2 Å². The predicted molar refractivity (Wildman–Crippen MR) is 111 cm³/mol. The lowest BCUT2D eigenvalue weighted by atomic mass is 10.1. The highest BCUT2D eigenvalue weighted by Gasteiger charge is 2.33. The van der Waals surface area contributed by atoms with Gasteiger partial charge >= 0.3 is 4.94 Å². The maximum absolute atomic E-state index is 13.6. The molecule has 28 heavy (non-hydrogen) atoms. The second-order valence-electron chi connectivity index (χ2n) is 6.73. The van der Waals surface area contributed by atoms with Gasteiger partial charge in [0.15, 0.2) is 0 Å². The summed E-state index contributed by atoms with van der Waals surface area (Å²) in [7, 11) is -4.14. The van der Waals surface area contributed by atoms with Crippen molar-refractivity contribution in [2.45, 2.75) is 45.4 Å². The molecule has 0 N–H and O–H groups in total. The highest BCUT2D eigenvalue weighted by molar-refractivity contribution is 7.93. The van der Waals surface area contributed by atoms with E-state index in [1.807, 2.05) is 13.8 Å². The average Bonchev–Trinajstić information content (AvgIpc) is 2.93. The number of benzene rings is 2. The molecule has 0 unspecified atom stereocenters. The van der Waals surface area contributed by atoms with Gasteiger partial charge in [0, 0.05) is 6.42 Å². The van der Waals surface area contributed by atoms with Crippen molar-refractivity contribution in [2.24, 2.45) is 0 Å². The Bertz CT molecular complexity index is 1200. The van der Waals surface area contributed by atoms with Crippen molar-refractivity contribution < 1.29 is 17.6 Å². The normalized spacial score (nSPS) is 11.7. The zero-order chi connectivity index (χ0) is 20.6. The van der Waals surface area contributed by atoms with E-state index < -0.39 is 20.9 Å². The van der Waals surface area contributed by atoms with Gasteiger partial charge in [-0.15, -0.1) is 0 Å². The first-order valence-electron chi connectivity index (χ1n) is 8.85. The van der Waals surface area contributed by atoms with Gasteiger partial charge < -0.3 is 4.42 Å². The monoisotopic (exact) mass is 419 g/mol. The van der Waals surface area contributed by atoms with Gasteiger partial charge in [0.05, 0.1) is 15.3 Å². The Labute approximate surface area is 167 Å². The minimum absolute atomic E-state index is 0.0862. The fourth-order valence-electron chi connectivity index (χ4n) is 3.38. The molecule has 0 atom stereocenters. The molecule has 0 bridgehead atoms. The summed E-state index contributed by atoms with van der Waals surface area (Å²) in [5.74, 6) is -0.517. The van der Waals surface area contributed by atoms with E-state index in [9.17, 15) is 18.0 Å². The van der Waals surface area contributed by atoms with E-state index in [4.69, 9.17) is 4.42 Å². The molecular weight excluding hydrogens is 398 g/mol. The van der Waals surface area contributed by atoms with Gasteiger partial charge in [-0.3, -0.25) is 4.79 Å². The highest BCUT2D eigenvalue weighted by atomic mass is 32.2. The topological polar surface area (TPSA) is 84.7 Å². The quantitative estimate of drug-likeness (QED) is 0.615. The highest BCUT2D eigenvalue weighted by Crippen LogP contribution is 2.32. The number of hydrogen-bond acceptors (Lipinski definition) is 6. The lowest BCUT2D eigenvalue weighted by molar-refractivity contribution is -0.117. The van der Waals surface area contributed by atoms with Crippen molar-refractivity contribution in [3.8, 4) is 0 Å². The average molecular weight is 420 g/mol. The van der Waals surface area contributed by atoms with Gasteiger partial charge in [-0.1, -0.05) is 36.0 Å². The Morgan fingerprint density at radius 1 is 1.11 bits per heavy atom. The van der Waals surface area contributed by atoms with Gasteiger partial charge in [-0.2, -0.15) is 0 Å². The first kappa shape index (κ1) is 20.3. The summed E-state index contributed by atoms with van der Waals surface area (Å²) in [6.45, 7) is 7.15. The largest absolute Gasteiger partial charge is 0.414 e. The molecule has 1 amide bonds. The minimum Gasteiger partial charge on any atom is -0.414 e. The molecule has 1 aromatic heterocycles. The van der Waals surface area contributed by atoms with E-state index >= 15 is 0 Å². The van der Waals surface area contributed by atoms with Crippen LogP contribution in [0.5, 0.6) is 0 Å². The van der Waals surface area contributed by atoms with E-state index in [0.29, 0.717) is 27.8 Å². The van der Waals surface area contributed by atoms with Crippen LogP contribution in [-0.4, -0.2) is 14.3 Å². The molecule has 0 radical (unpaired) electrons. The Balaban J connectivity index is 2.24. The van der Waals surface area contributed by atoms with Crippen molar-refractivity contribution in [1.82, 2.24) is 0 Å². The number of carbonyl (C=O) groups excluding carboxylic acids is 1. The molecule has 0 saturated heterocycles. The fraction of sp³-hybridized carbons (Fsp3) is 0.300. The SMILES string of the molecule is CCCC(=O)N(c1ccc2oc(=O)sc2c1)S(=O)(=O)c1c(C)cc(C)cc1C. The predicted octanol–water partition coefficient (Wildman–Crippen LogP) is 4.30. The number of amides is 1. The molecule has 0 fully saturated rings. The van der Waals surface area contributed by atoms with E-state index in [1.54, 1.807) is 26.0 Å². The molecule has 0 saturated carbocycles. The molecule has 3 rings (SSSR count). The second kappa shape index (κ2) is 7.52. The third-order valence-corrected chi connectivity index (χ3v) is 7.19. The van der Waals surface area contributed by atoms with Crippen molar-refractivity contribution in [3.05, 3.63) is 56.8 Å².